The van der Waals surface area contributed by atoms with Crippen molar-refractivity contribution in [3.05, 3.63) is 35.4 Å². The summed E-state index contributed by atoms with van der Waals surface area (Å²) in [6.07, 6.45) is 0. The number of amides is 2. The molecule has 1 aromatic rings. The fraction of sp³-hybridized carbons (Fsp3) is 0.385. The smallest absolute Gasteiger partial charge is 0.240 e. The molecule has 2 amide bonds. The Morgan fingerprint density at radius 3 is 2.28 bits per heavy atom. The van der Waals surface area contributed by atoms with E-state index in [1.807, 2.05) is 36.1 Å². The number of rotatable bonds is 3. The molecule has 3 N–H and O–H groups in total. The number of hydrogen-bond acceptors (Lipinski definition) is 4. The van der Waals surface area contributed by atoms with Crippen molar-refractivity contribution < 1.29 is 9.59 Å². The van der Waals surface area contributed by atoms with Crippen molar-refractivity contribution in [2.24, 2.45) is 5.73 Å². The van der Waals surface area contributed by atoms with Gasteiger partial charge in [0.25, 0.3) is 0 Å². The average molecular weight is 247 g/mol. The average Bonchev–Trinajstić information content (AvgIpc) is 2.31. The fourth-order valence-corrected chi connectivity index (χ4v) is 2.16. The van der Waals surface area contributed by atoms with E-state index in [0.29, 0.717) is 6.54 Å². The molecule has 96 valence electrons. The number of nitrogens with two attached hydrogens (primary N) is 1. The van der Waals surface area contributed by atoms with Gasteiger partial charge in [-0.2, -0.15) is 0 Å². The Morgan fingerprint density at radius 1 is 1.22 bits per heavy atom. The monoisotopic (exact) mass is 247 g/mol. The normalized spacial score (nSPS) is 18.6. The van der Waals surface area contributed by atoms with Gasteiger partial charge in [-0.05, 0) is 12.5 Å². The number of nitrogens with one attached hydrogen (secondary N) is 1. The van der Waals surface area contributed by atoms with E-state index >= 15 is 0 Å². The number of carbonyl (C=O) groups excluding carboxylic acids is 2. The van der Waals surface area contributed by atoms with Crippen molar-refractivity contribution in [1.82, 2.24) is 10.2 Å². The fourth-order valence-electron chi connectivity index (χ4n) is 2.16. The quantitative estimate of drug-likeness (QED) is 0.735. The molecule has 1 fully saturated rings. The summed E-state index contributed by atoms with van der Waals surface area (Å²) in [4.78, 5) is 24.6. The van der Waals surface area contributed by atoms with Gasteiger partial charge in [0.2, 0.25) is 11.8 Å². The third-order valence-electron chi connectivity index (χ3n) is 3.10. The zero-order chi connectivity index (χ0) is 13.1. The van der Waals surface area contributed by atoms with Crippen LogP contribution >= 0.6 is 0 Å². The largest absolute Gasteiger partial charge is 0.329 e. The van der Waals surface area contributed by atoms with Crippen molar-refractivity contribution in [1.29, 1.82) is 0 Å². The zero-order valence-electron chi connectivity index (χ0n) is 10.3. The molecule has 1 heterocycles. The van der Waals surface area contributed by atoms with Crippen molar-refractivity contribution in [2.45, 2.75) is 13.0 Å². The van der Waals surface area contributed by atoms with E-state index in [0.717, 1.165) is 5.56 Å². The van der Waals surface area contributed by atoms with Crippen molar-refractivity contribution >= 4 is 11.8 Å². The van der Waals surface area contributed by atoms with Gasteiger partial charge in [0, 0.05) is 12.6 Å². The highest BCUT2D eigenvalue weighted by atomic mass is 16.2. The van der Waals surface area contributed by atoms with E-state index in [9.17, 15) is 9.59 Å². The predicted octanol–water partition coefficient (Wildman–Crippen LogP) is -0.0468. The Hall–Kier alpha value is -1.72. The summed E-state index contributed by atoms with van der Waals surface area (Å²) in [6, 6.07) is 7.89. The molecule has 1 aliphatic heterocycles. The lowest BCUT2D eigenvalue weighted by Crippen LogP contribution is -2.53. The Morgan fingerprint density at radius 2 is 1.78 bits per heavy atom. The molecule has 0 spiro atoms. The summed E-state index contributed by atoms with van der Waals surface area (Å²) in [5.41, 5.74) is 7.98. The molecule has 2 rings (SSSR count). The van der Waals surface area contributed by atoms with Crippen LogP contribution in [0.4, 0.5) is 0 Å². The van der Waals surface area contributed by atoms with Gasteiger partial charge in [0.1, 0.15) is 0 Å². The van der Waals surface area contributed by atoms with Gasteiger partial charge in [0.05, 0.1) is 13.1 Å². The van der Waals surface area contributed by atoms with E-state index in [1.54, 1.807) is 0 Å². The number of imide groups is 1. The van der Waals surface area contributed by atoms with Gasteiger partial charge in [-0.25, -0.2) is 0 Å². The molecule has 0 radical (unpaired) electrons. The maximum absolute atomic E-state index is 11.4. The standard InChI is InChI=1S/C13H17N3O2/c1-9-2-4-10(5-3-9)11(6-14)16-7-12(17)15-13(18)8-16/h2-5,11H,6-8,14H2,1H3,(H,15,17,18). The number of carbonyl (C=O) groups is 2. The second kappa shape index (κ2) is 5.29. The van der Waals surface area contributed by atoms with Gasteiger partial charge < -0.3 is 5.73 Å². The van der Waals surface area contributed by atoms with Crippen LogP contribution in [0.25, 0.3) is 0 Å². The first kappa shape index (κ1) is 12.7. The lowest BCUT2D eigenvalue weighted by molar-refractivity contribution is -0.137. The number of hydrogen-bond donors (Lipinski definition) is 2. The van der Waals surface area contributed by atoms with Crippen LogP contribution < -0.4 is 11.1 Å². The SMILES string of the molecule is Cc1ccc(C(CN)N2CC(=O)NC(=O)C2)cc1. The first-order valence-corrected chi connectivity index (χ1v) is 5.93. The number of aryl methyl sites for hydroxylation is 1. The first-order chi connectivity index (χ1) is 8.60. The maximum Gasteiger partial charge on any atom is 0.240 e. The number of benzene rings is 1. The van der Waals surface area contributed by atoms with Gasteiger partial charge >= 0.3 is 0 Å². The van der Waals surface area contributed by atoms with Crippen molar-refractivity contribution in [3.8, 4) is 0 Å². The third kappa shape index (κ3) is 2.75. The van der Waals surface area contributed by atoms with E-state index in [1.165, 1.54) is 5.56 Å². The Kier molecular flexibility index (Phi) is 3.74. The van der Waals surface area contributed by atoms with Crippen molar-refractivity contribution in [2.75, 3.05) is 19.6 Å². The minimum atomic E-state index is -0.267. The summed E-state index contributed by atoms with van der Waals surface area (Å²) in [5.74, 6) is -0.534. The van der Waals surface area contributed by atoms with E-state index in [4.69, 9.17) is 5.73 Å². The van der Waals surface area contributed by atoms with Crippen molar-refractivity contribution in [3.63, 3.8) is 0 Å². The highest BCUT2D eigenvalue weighted by molar-refractivity contribution is 5.99. The third-order valence-corrected chi connectivity index (χ3v) is 3.10. The molecule has 0 bridgehead atoms. The zero-order valence-corrected chi connectivity index (χ0v) is 10.3. The van der Waals surface area contributed by atoms with Gasteiger partial charge in [-0.1, -0.05) is 29.8 Å². The first-order valence-electron chi connectivity index (χ1n) is 5.93. The lowest BCUT2D eigenvalue weighted by Gasteiger charge is -2.32. The summed E-state index contributed by atoms with van der Waals surface area (Å²) < 4.78 is 0. The topological polar surface area (TPSA) is 75.4 Å². The predicted molar refractivity (Wildman–Crippen MR) is 67.7 cm³/mol. The number of piperazine rings is 1. The molecule has 0 aromatic heterocycles. The van der Waals surface area contributed by atoms with Gasteiger partial charge in [-0.15, -0.1) is 0 Å². The Labute approximate surface area is 106 Å². The second-order valence-corrected chi connectivity index (χ2v) is 4.54. The van der Waals surface area contributed by atoms with Crippen LogP contribution in [0.1, 0.15) is 17.2 Å². The molecule has 1 aliphatic rings. The molecular weight excluding hydrogens is 230 g/mol. The van der Waals surface area contributed by atoms with Crippen LogP contribution in [-0.4, -0.2) is 36.3 Å². The van der Waals surface area contributed by atoms with E-state index in [-0.39, 0.29) is 30.9 Å². The summed E-state index contributed by atoms with van der Waals surface area (Å²) in [5, 5.41) is 2.29. The molecule has 1 unspecified atom stereocenters. The maximum atomic E-state index is 11.4. The highest BCUT2D eigenvalue weighted by Gasteiger charge is 2.28. The molecule has 0 saturated carbocycles. The van der Waals surface area contributed by atoms with Crippen LogP contribution in [0.15, 0.2) is 24.3 Å². The summed E-state index contributed by atoms with van der Waals surface area (Å²) in [6.45, 7) is 2.81. The minimum Gasteiger partial charge on any atom is -0.329 e. The summed E-state index contributed by atoms with van der Waals surface area (Å²) >= 11 is 0. The van der Waals surface area contributed by atoms with Crippen LogP contribution in [0.5, 0.6) is 0 Å². The lowest BCUT2D eigenvalue weighted by atomic mass is 10.0. The molecule has 5 heteroatoms. The summed E-state index contributed by atoms with van der Waals surface area (Å²) in [7, 11) is 0. The Bertz CT molecular complexity index is 440. The molecule has 1 saturated heterocycles. The van der Waals surface area contributed by atoms with Crippen LogP contribution in [0.2, 0.25) is 0 Å². The van der Waals surface area contributed by atoms with Crippen LogP contribution in [0.3, 0.4) is 0 Å². The molecule has 5 nitrogen and oxygen atoms in total. The van der Waals surface area contributed by atoms with Gasteiger partial charge in [0.15, 0.2) is 0 Å². The van der Waals surface area contributed by atoms with E-state index in [2.05, 4.69) is 5.32 Å². The number of nitrogens with zero attached hydrogens (tertiary/aromatic N) is 1. The minimum absolute atomic E-state index is 0.0967. The van der Waals surface area contributed by atoms with Gasteiger partial charge in [-0.3, -0.25) is 19.8 Å². The molecule has 18 heavy (non-hydrogen) atoms. The Balaban J connectivity index is 2.20. The van der Waals surface area contributed by atoms with Crippen LogP contribution in [0, 0.1) is 6.92 Å². The highest BCUT2D eigenvalue weighted by Crippen LogP contribution is 2.20. The molecule has 1 aromatic carbocycles. The molecule has 0 aliphatic carbocycles. The van der Waals surface area contributed by atoms with Crippen LogP contribution in [-0.2, 0) is 9.59 Å². The van der Waals surface area contributed by atoms with E-state index < -0.39 is 0 Å². The molecule has 1 atom stereocenters. The second-order valence-electron chi connectivity index (χ2n) is 4.54. The molecular formula is C13H17N3O2.